The van der Waals surface area contributed by atoms with Crippen LogP contribution in [0, 0.1) is 0 Å². The monoisotopic (exact) mass is 246 g/mol. The van der Waals surface area contributed by atoms with E-state index in [1.807, 2.05) is 0 Å². The third-order valence-electron chi connectivity index (χ3n) is 3.53. The van der Waals surface area contributed by atoms with E-state index < -0.39 is 10.8 Å². The second-order valence-corrected chi connectivity index (χ2v) is 7.03. The highest BCUT2D eigenvalue weighted by molar-refractivity contribution is 7.85. The van der Waals surface area contributed by atoms with Crippen molar-refractivity contribution >= 4 is 10.8 Å². The molecule has 0 aromatic carbocycles. The van der Waals surface area contributed by atoms with E-state index in [2.05, 4.69) is 37.9 Å². The molecule has 0 aromatic heterocycles. The van der Waals surface area contributed by atoms with Crippen LogP contribution < -0.4 is 5.32 Å². The van der Waals surface area contributed by atoms with Gasteiger partial charge in [0, 0.05) is 53.5 Å². The molecule has 4 heteroatoms. The van der Waals surface area contributed by atoms with E-state index in [-0.39, 0.29) is 5.54 Å². The predicted octanol–water partition coefficient (Wildman–Crippen LogP) is 1.22. The van der Waals surface area contributed by atoms with Gasteiger partial charge in [-0.25, -0.2) is 0 Å². The first-order chi connectivity index (χ1) is 7.45. The largest absolute Gasteiger partial charge is 0.312 e. The zero-order chi connectivity index (χ0) is 12.2. The summed E-state index contributed by atoms with van der Waals surface area (Å²) in [4.78, 5) is 2.46. The minimum atomic E-state index is -0.572. The molecule has 1 fully saturated rings. The molecular formula is C12H26N2OS. The van der Waals surface area contributed by atoms with Crippen molar-refractivity contribution in [1.29, 1.82) is 0 Å². The second-order valence-electron chi connectivity index (χ2n) is 5.34. The summed E-state index contributed by atoms with van der Waals surface area (Å²) in [6.07, 6.45) is 1.17. The van der Waals surface area contributed by atoms with Crippen molar-refractivity contribution in [2.45, 2.75) is 45.7 Å². The molecule has 0 bridgehead atoms. The van der Waals surface area contributed by atoms with Crippen molar-refractivity contribution in [3.05, 3.63) is 0 Å². The second kappa shape index (κ2) is 6.12. The number of nitrogens with one attached hydrogen (secondary N) is 1. The van der Waals surface area contributed by atoms with Gasteiger partial charge in [0.15, 0.2) is 0 Å². The van der Waals surface area contributed by atoms with Crippen LogP contribution in [-0.4, -0.2) is 51.8 Å². The Balaban J connectivity index is 2.40. The lowest BCUT2D eigenvalue weighted by Gasteiger charge is -2.41. The van der Waals surface area contributed by atoms with Gasteiger partial charge in [0.1, 0.15) is 0 Å². The summed E-state index contributed by atoms with van der Waals surface area (Å²) in [5, 5.41) is 3.56. The number of nitrogens with zero attached hydrogens (tertiary/aromatic N) is 1. The topological polar surface area (TPSA) is 32.3 Å². The summed E-state index contributed by atoms with van der Waals surface area (Å²) < 4.78 is 11.3. The molecule has 1 rings (SSSR count). The summed E-state index contributed by atoms with van der Waals surface area (Å²) in [5.74, 6) is 1.68. The molecule has 0 aromatic rings. The molecule has 1 aliphatic rings. The van der Waals surface area contributed by atoms with E-state index in [0.717, 1.165) is 31.1 Å². The van der Waals surface area contributed by atoms with Gasteiger partial charge in [-0.05, 0) is 27.2 Å². The molecule has 0 aliphatic carbocycles. The zero-order valence-electron chi connectivity index (χ0n) is 11.1. The SMILES string of the molecule is CCC(C)NCC(C)(C)N1CCS(=O)CC1. The Bertz CT molecular complexity index is 233. The Morgan fingerprint density at radius 3 is 2.44 bits per heavy atom. The van der Waals surface area contributed by atoms with Gasteiger partial charge in [0.2, 0.25) is 0 Å². The highest BCUT2D eigenvalue weighted by Gasteiger charge is 2.29. The molecule has 0 amide bonds. The number of rotatable bonds is 5. The molecule has 3 nitrogen and oxygen atoms in total. The number of hydrogen-bond donors (Lipinski definition) is 1. The molecule has 0 saturated carbocycles. The molecule has 0 radical (unpaired) electrons. The lowest BCUT2D eigenvalue weighted by Crippen LogP contribution is -2.55. The first-order valence-corrected chi connectivity index (χ1v) is 7.78. The molecule has 96 valence electrons. The molecular weight excluding hydrogens is 220 g/mol. The van der Waals surface area contributed by atoms with E-state index in [0.29, 0.717) is 6.04 Å². The molecule has 1 unspecified atom stereocenters. The first kappa shape index (κ1) is 14.1. The molecule has 1 atom stereocenters. The summed E-state index contributed by atoms with van der Waals surface area (Å²) in [7, 11) is -0.572. The van der Waals surface area contributed by atoms with E-state index >= 15 is 0 Å². The van der Waals surface area contributed by atoms with Crippen LogP contribution in [0.2, 0.25) is 0 Å². The smallest absolute Gasteiger partial charge is 0.0363 e. The maximum atomic E-state index is 11.3. The quantitative estimate of drug-likeness (QED) is 0.791. The third kappa shape index (κ3) is 4.15. The van der Waals surface area contributed by atoms with Crippen LogP contribution in [0.15, 0.2) is 0 Å². The van der Waals surface area contributed by atoms with E-state index in [1.165, 1.54) is 6.42 Å². The highest BCUT2D eigenvalue weighted by Crippen LogP contribution is 2.16. The lowest BCUT2D eigenvalue weighted by atomic mass is 10.0. The zero-order valence-corrected chi connectivity index (χ0v) is 11.9. The van der Waals surface area contributed by atoms with Crippen LogP contribution in [-0.2, 0) is 10.8 Å². The summed E-state index contributed by atoms with van der Waals surface area (Å²) in [5.41, 5.74) is 0.175. The number of hydrogen-bond acceptors (Lipinski definition) is 3. The Hall–Kier alpha value is 0.0700. The Morgan fingerprint density at radius 1 is 1.38 bits per heavy atom. The predicted molar refractivity (Wildman–Crippen MR) is 71.3 cm³/mol. The average molecular weight is 246 g/mol. The van der Waals surface area contributed by atoms with Crippen LogP contribution in [0.5, 0.6) is 0 Å². The molecule has 1 heterocycles. The fourth-order valence-electron chi connectivity index (χ4n) is 1.92. The normalized spacial score (nSPS) is 22.2. The molecule has 1 saturated heterocycles. The van der Waals surface area contributed by atoms with Crippen molar-refractivity contribution in [3.8, 4) is 0 Å². The average Bonchev–Trinajstić information content (AvgIpc) is 2.26. The van der Waals surface area contributed by atoms with E-state index in [9.17, 15) is 4.21 Å². The minimum absolute atomic E-state index is 0.175. The lowest BCUT2D eigenvalue weighted by molar-refractivity contribution is 0.127. The van der Waals surface area contributed by atoms with Crippen LogP contribution in [0.3, 0.4) is 0 Å². The van der Waals surface area contributed by atoms with Gasteiger partial charge in [-0.3, -0.25) is 9.11 Å². The van der Waals surface area contributed by atoms with Gasteiger partial charge >= 0.3 is 0 Å². The highest BCUT2D eigenvalue weighted by atomic mass is 32.2. The third-order valence-corrected chi connectivity index (χ3v) is 4.81. The standard InChI is InChI=1S/C12H26N2OS/c1-5-11(2)13-10-12(3,4)14-6-8-16(15)9-7-14/h11,13H,5-10H2,1-4H3. The fraction of sp³-hybridized carbons (Fsp3) is 1.00. The summed E-state index contributed by atoms with van der Waals surface area (Å²) >= 11 is 0. The van der Waals surface area contributed by atoms with Crippen molar-refractivity contribution in [1.82, 2.24) is 10.2 Å². The van der Waals surface area contributed by atoms with Crippen molar-refractivity contribution < 1.29 is 4.21 Å². The van der Waals surface area contributed by atoms with Gasteiger partial charge in [-0.15, -0.1) is 0 Å². The first-order valence-electron chi connectivity index (χ1n) is 6.29. The van der Waals surface area contributed by atoms with E-state index in [1.54, 1.807) is 0 Å². The van der Waals surface area contributed by atoms with Crippen molar-refractivity contribution in [3.63, 3.8) is 0 Å². The van der Waals surface area contributed by atoms with Gasteiger partial charge in [-0.1, -0.05) is 6.92 Å². The summed E-state index contributed by atoms with van der Waals surface area (Å²) in [6.45, 7) is 11.9. The molecule has 1 N–H and O–H groups in total. The van der Waals surface area contributed by atoms with Crippen LogP contribution in [0.4, 0.5) is 0 Å². The molecule has 1 aliphatic heterocycles. The maximum Gasteiger partial charge on any atom is 0.0363 e. The van der Waals surface area contributed by atoms with Crippen LogP contribution in [0.1, 0.15) is 34.1 Å². The van der Waals surface area contributed by atoms with Gasteiger partial charge < -0.3 is 5.32 Å². The van der Waals surface area contributed by atoms with Crippen molar-refractivity contribution in [2.75, 3.05) is 31.1 Å². The van der Waals surface area contributed by atoms with Crippen LogP contribution in [0.25, 0.3) is 0 Å². The molecule has 16 heavy (non-hydrogen) atoms. The van der Waals surface area contributed by atoms with E-state index in [4.69, 9.17) is 0 Å². The molecule has 0 spiro atoms. The van der Waals surface area contributed by atoms with Gasteiger partial charge in [-0.2, -0.15) is 0 Å². The van der Waals surface area contributed by atoms with Crippen molar-refractivity contribution in [2.24, 2.45) is 0 Å². The van der Waals surface area contributed by atoms with Crippen LogP contribution >= 0.6 is 0 Å². The Labute approximate surface area is 102 Å². The maximum absolute atomic E-state index is 11.3. The van der Waals surface area contributed by atoms with Gasteiger partial charge in [0.05, 0.1) is 0 Å². The summed E-state index contributed by atoms with van der Waals surface area (Å²) in [6, 6.07) is 0.582. The fourth-order valence-corrected chi connectivity index (χ4v) is 2.98. The minimum Gasteiger partial charge on any atom is -0.312 e. The van der Waals surface area contributed by atoms with Gasteiger partial charge in [0.25, 0.3) is 0 Å². The Morgan fingerprint density at radius 2 is 1.94 bits per heavy atom. The Kier molecular flexibility index (Phi) is 5.41.